The third-order valence-corrected chi connectivity index (χ3v) is 8.49. The van der Waals surface area contributed by atoms with Gasteiger partial charge in [-0.3, -0.25) is 9.59 Å². The number of benzene rings is 2. The van der Waals surface area contributed by atoms with Crippen LogP contribution in [0.4, 0.5) is 11.4 Å². The van der Waals surface area contributed by atoms with Gasteiger partial charge in [-0.25, -0.2) is 8.42 Å². The molecule has 8 heteroatoms. The summed E-state index contributed by atoms with van der Waals surface area (Å²) in [5, 5.41) is 0. The van der Waals surface area contributed by atoms with Crippen molar-refractivity contribution in [2.75, 3.05) is 28.6 Å². The summed E-state index contributed by atoms with van der Waals surface area (Å²) in [7, 11) is -3.72. The summed E-state index contributed by atoms with van der Waals surface area (Å²) in [6.07, 6.45) is 2.42. The van der Waals surface area contributed by atoms with E-state index >= 15 is 0 Å². The maximum atomic E-state index is 13.1. The van der Waals surface area contributed by atoms with Crippen LogP contribution >= 0.6 is 15.9 Å². The normalized spacial score (nSPS) is 15.6. The van der Waals surface area contributed by atoms with E-state index in [2.05, 4.69) is 15.9 Å². The van der Waals surface area contributed by atoms with Crippen molar-refractivity contribution in [3.05, 3.63) is 52.5 Å². The van der Waals surface area contributed by atoms with Crippen LogP contribution in [0.2, 0.25) is 0 Å². The van der Waals surface area contributed by atoms with Gasteiger partial charge in [-0.15, -0.1) is 0 Å². The molecule has 0 atom stereocenters. The minimum atomic E-state index is -3.72. The van der Waals surface area contributed by atoms with E-state index in [0.29, 0.717) is 29.7 Å². The molecule has 0 radical (unpaired) electrons. The number of amides is 2. The number of rotatable bonds is 7. The van der Waals surface area contributed by atoms with Crippen molar-refractivity contribution in [3.8, 4) is 0 Å². The predicted molar refractivity (Wildman–Crippen MR) is 124 cm³/mol. The summed E-state index contributed by atoms with van der Waals surface area (Å²) in [4.78, 5) is 28.8. The Kier molecular flexibility index (Phi) is 6.21. The molecule has 164 valence electrons. The van der Waals surface area contributed by atoms with Gasteiger partial charge >= 0.3 is 0 Å². The lowest BCUT2D eigenvalue weighted by atomic mass is 10.2. The largest absolute Gasteiger partial charge is 0.313 e. The molecule has 0 aromatic heterocycles. The fourth-order valence-corrected chi connectivity index (χ4v) is 6.42. The molecule has 0 unspecified atom stereocenters. The Labute approximate surface area is 191 Å². The Bertz CT molecular complexity index is 1110. The van der Waals surface area contributed by atoms with Gasteiger partial charge in [-0.05, 0) is 71.9 Å². The minimum absolute atomic E-state index is 0.0743. The number of hydrogen-bond acceptors (Lipinski definition) is 4. The zero-order valence-electron chi connectivity index (χ0n) is 17.4. The third-order valence-electron chi connectivity index (χ3n) is 5.83. The highest BCUT2D eigenvalue weighted by Crippen LogP contribution is 2.39. The fourth-order valence-electron chi connectivity index (χ4n) is 3.98. The second kappa shape index (κ2) is 8.74. The fraction of sp³-hybridized carbons (Fsp3) is 0.391. The first-order chi connectivity index (χ1) is 14.8. The number of anilines is 2. The molecule has 1 fully saturated rings. The molecule has 2 amide bonds. The molecule has 2 aliphatic rings. The monoisotopic (exact) mass is 504 g/mol. The first-order valence-corrected chi connectivity index (χ1v) is 13.0. The zero-order valence-corrected chi connectivity index (χ0v) is 19.8. The molecule has 0 N–H and O–H groups in total. The smallest absolute Gasteiger partial charge is 0.230 e. The van der Waals surface area contributed by atoms with Crippen LogP contribution in [-0.2, 0) is 25.8 Å². The Balaban J connectivity index is 1.53. The number of halogens is 1. The molecule has 1 aliphatic heterocycles. The van der Waals surface area contributed by atoms with Crippen molar-refractivity contribution in [3.63, 3.8) is 0 Å². The lowest BCUT2D eigenvalue weighted by Gasteiger charge is -2.21. The van der Waals surface area contributed by atoms with Crippen molar-refractivity contribution in [1.29, 1.82) is 0 Å². The number of nitrogens with zero attached hydrogens (tertiary/aromatic N) is 2. The van der Waals surface area contributed by atoms with E-state index < -0.39 is 9.84 Å². The maximum Gasteiger partial charge on any atom is 0.230 e. The van der Waals surface area contributed by atoms with Crippen LogP contribution in [0.3, 0.4) is 0 Å². The molecular weight excluding hydrogens is 480 g/mol. The van der Waals surface area contributed by atoms with Crippen LogP contribution in [0.1, 0.15) is 31.7 Å². The molecule has 2 aromatic carbocycles. The van der Waals surface area contributed by atoms with E-state index in [1.165, 1.54) is 0 Å². The number of carbonyl (C=O) groups is 2. The highest BCUT2D eigenvalue weighted by atomic mass is 79.9. The summed E-state index contributed by atoms with van der Waals surface area (Å²) in [5.41, 5.74) is 2.40. The van der Waals surface area contributed by atoms with Crippen LogP contribution in [-0.4, -0.2) is 39.1 Å². The number of para-hydroxylation sites is 1. The van der Waals surface area contributed by atoms with Gasteiger partial charge < -0.3 is 9.80 Å². The summed E-state index contributed by atoms with van der Waals surface area (Å²) in [6, 6.07) is 12.6. The van der Waals surface area contributed by atoms with Gasteiger partial charge in [-0.1, -0.05) is 18.2 Å². The van der Waals surface area contributed by atoms with Gasteiger partial charge in [0.15, 0.2) is 9.84 Å². The van der Waals surface area contributed by atoms with E-state index in [1.807, 2.05) is 37.3 Å². The van der Waals surface area contributed by atoms with Crippen molar-refractivity contribution >= 4 is 49.0 Å². The van der Waals surface area contributed by atoms with E-state index in [0.717, 1.165) is 24.1 Å². The third kappa shape index (κ3) is 4.55. The summed E-state index contributed by atoms with van der Waals surface area (Å²) >= 11 is 3.39. The topological polar surface area (TPSA) is 74.8 Å². The summed E-state index contributed by atoms with van der Waals surface area (Å²) in [6.45, 7) is 2.91. The Morgan fingerprint density at radius 1 is 1.16 bits per heavy atom. The Morgan fingerprint density at radius 3 is 2.52 bits per heavy atom. The molecule has 4 rings (SSSR count). The van der Waals surface area contributed by atoms with Crippen LogP contribution in [0.5, 0.6) is 0 Å². The number of hydrogen-bond donors (Lipinski definition) is 0. The lowest BCUT2D eigenvalue weighted by Crippen LogP contribution is -2.32. The predicted octanol–water partition coefficient (Wildman–Crippen LogP) is 3.97. The van der Waals surface area contributed by atoms with E-state index in [1.54, 1.807) is 21.9 Å². The number of sulfone groups is 1. The highest BCUT2D eigenvalue weighted by molar-refractivity contribution is 9.10. The molecule has 2 aromatic rings. The molecule has 0 spiro atoms. The molecule has 1 heterocycles. The van der Waals surface area contributed by atoms with Gasteiger partial charge in [0, 0.05) is 41.3 Å². The first kappa shape index (κ1) is 22.0. The average Bonchev–Trinajstić information content (AvgIpc) is 3.53. The number of fused-ring (bicyclic) bond motifs is 1. The quantitative estimate of drug-likeness (QED) is 0.571. The van der Waals surface area contributed by atoms with Gasteiger partial charge in [0.2, 0.25) is 11.8 Å². The van der Waals surface area contributed by atoms with Crippen molar-refractivity contribution in [2.24, 2.45) is 5.92 Å². The zero-order chi connectivity index (χ0) is 22.2. The van der Waals surface area contributed by atoms with Crippen molar-refractivity contribution < 1.29 is 18.0 Å². The van der Waals surface area contributed by atoms with Crippen LogP contribution in [0.15, 0.2) is 51.8 Å². The molecule has 31 heavy (non-hydrogen) atoms. The van der Waals surface area contributed by atoms with Gasteiger partial charge in [0.1, 0.15) is 0 Å². The van der Waals surface area contributed by atoms with Gasteiger partial charge in [-0.2, -0.15) is 0 Å². The van der Waals surface area contributed by atoms with Crippen molar-refractivity contribution in [1.82, 2.24) is 0 Å². The molecule has 0 saturated heterocycles. The summed E-state index contributed by atoms with van der Waals surface area (Å²) < 4.78 is 26.7. The first-order valence-electron chi connectivity index (χ1n) is 10.5. The molecule has 1 saturated carbocycles. The minimum Gasteiger partial charge on any atom is -0.313 e. The van der Waals surface area contributed by atoms with Gasteiger partial charge in [0.05, 0.1) is 10.6 Å². The Morgan fingerprint density at radius 2 is 1.87 bits per heavy atom. The second-order valence-corrected chi connectivity index (χ2v) is 10.9. The van der Waals surface area contributed by atoms with Gasteiger partial charge in [0.25, 0.3) is 0 Å². The van der Waals surface area contributed by atoms with E-state index in [-0.39, 0.29) is 34.8 Å². The summed E-state index contributed by atoms with van der Waals surface area (Å²) in [5.74, 6) is -0.366. The van der Waals surface area contributed by atoms with Crippen LogP contribution in [0, 0.1) is 5.92 Å². The standard InChI is InChI=1S/C23H25BrN2O4S/c1-2-25(18-6-4-3-5-7-18)22(27)11-13-31(29,30)21-15-20-17(14-19(21)24)10-12-26(20)23(28)16-8-9-16/h3-7,14-16H,2,8-13H2,1H3. The molecular formula is C23H25BrN2O4S. The molecule has 1 aliphatic carbocycles. The van der Waals surface area contributed by atoms with E-state index in [4.69, 9.17) is 0 Å². The SMILES string of the molecule is CCN(C(=O)CCS(=O)(=O)c1cc2c(cc1Br)CCN2C(=O)C1CC1)c1ccccc1. The Hall–Kier alpha value is -2.19. The van der Waals surface area contributed by atoms with Crippen LogP contribution < -0.4 is 9.80 Å². The average molecular weight is 505 g/mol. The van der Waals surface area contributed by atoms with Crippen molar-refractivity contribution in [2.45, 2.75) is 37.5 Å². The van der Waals surface area contributed by atoms with E-state index in [9.17, 15) is 18.0 Å². The highest BCUT2D eigenvalue weighted by Gasteiger charge is 2.37. The molecule has 6 nitrogen and oxygen atoms in total. The molecule has 0 bridgehead atoms. The second-order valence-electron chi connectivity index (χ2n) is 7.97. The number of carbonyl (C=O) groups excluding carboxylic acids is 2. The maximum absolute atomic E-state index is 13.1. The van der Waals surface area contributed by atoms with Crippen LogP contribution in [0.25, 0.3) is 0 Å². The lowest BCUT2D eigenvalue weighted by molar-refractivity contribution is -0.120.